The van der Waals surface area contributed by atoms with Crippen molar-refractivity contribution in [2.75, 3.05) is 25.6 Å². The fourth-order valence-corrected chi connectivity index (χ4v) is 1.72. The molecule has 0 aliphatic heterocycles. The Labute approximate surface area is 140 Å². The molecule has 130 valence electrons. The lowest BCUT2D eigenvalue weighted by atomic mass is 10.2. The first-order valence-electron chi connectivity index (χ1n) is 7.39. The number of para-hydroxylation sites is 1. The molecule has 8 heteroatoms. The normalized spacial score (nSPS) is 10.9. The minimum absolute atomic E-state index is 0.0000912. The van der Waals surface area contributed by atoms with Gasteiger partial charge in [-0.15, -0.1) is 0 Å². The number of methoxy groups -OCH3 is 1. The van der Waals surface area contributed by atoms with Gasteiger partial charge in [-0.3, -0.25) is 14.4 Å². The third kappa shape index (κ3) is 7.01. The van der Waals surface area contributed by atoms with Gasteiger partial charge in [-0.25, -0.2) is 5.43 Å². The number of ether oxygens (including phenoxy) is 1. The number of nitrogens with one attached hydrogen (secondary N) is 3. The highest BCUT2D eigenvalue weighted by Crippen LogP contribution is 2.13. The van der Waals surface area contributed by atoms with Gasteiger partial charge in [0.1, 0.15) is 0 Å². The zero-order chi connectivity index (χ0) is 17.9. The number of amides is 3. The molecule has 1 aromatic rings. The number of anilines is 1. The van der Waals surface area contributed by atoms with Gasteiger partial charge in [-0.1, -0.05) is 18.2 Å². The maximum absolute atomic E-state index is 11.9. The summed E-state index contributed by atoms with van der Waals surface area (Å²) < 4.78 is 4.75. The SMILES string of the molecule is COCCNC(=O)C(=O)N/N=C(/C)CC(=O)Nc1ccccc1C. The van der Waals surface area contributed by atoms with Gasteiger partial charge in [-0.2, -0.15) is 5.10 Å². The van der Waals surface area contributed by atoms with E-state index in [2.05, 4.69) is 21.2 Å². The first-order chi connectivity index (χ1) is 11.4. The molecule has 8 nitrogen and oxygen atoms in total. The van der Waals surface area contributed by atoms with Crippen LogP contribution in [0.15, 0.2) is 29.4 Å². The van der Waals surface area contributed by atoms with Crippen LogP contribution in [0.1, 0.15) is 18.9 Å². The second-order valence-electron chi connectivity index (χ2n) is 5.08. The van der Waals surface area contributed by atoms with Gasteiger partial charge >= 0.3 is 11.8 Å². The summed E-state index contributed by atoms with van der Waals surface area (Å²) in [6.45, 7) is 4.00. The minimum atomic E-state index is -0.898. The standard InChI is InChI=1S/C16H22N4O4/c1-11-6-4-5-7-13(11)18-14(21)10-12(2)19-20-16(23)15(22)17-8-9-24-3/h4-7H,8-10H2,1-3H3,(H,17,22)(H,18,21)(H,20,23)/b19-12-. The Balaban J connectivity index is 2.43. The molecule has 0 aliphatic rings. The molecular weight excluding hydrogens is 312 g/mol. The lowest BCUT2D eigenvalue weighted by Crippen LogP contribution is -2.39. The first kappa shape index (κ1) is 19.3. The predicted molar refractivity (Wildman–Crippen MR) is 90.6 cm³/mol. The number of carbonyl (C=O) groups excluding carboxylic acids is 3. The number of benzene rings is 1. The highest BCUT2D eigenvalue weighted by atomic mass is 16.5. The minimum Gasteiger partial charge on any atom is -0.383 e. The molecule has 3 N–H and O–H groups in total. The fraction of sp³-hybridized carbons (Fsp3) is 0.375. The molecule has 1 rings (SSSR count). The molecule has 0 saturated carbocycles. The summed E-state index contributed by atoms with van der Waals surface area (Å²) in [5.74, 6) is -1.97. The van der Waals surface area contributed by atoms with Crippen LogP contribution in [0.3, 0.4) is 0 Å². The summed E-state index contributed by atoms with van der Waals surface area (Å²) in [6.07, 6.45) is -0.0000912. The van der Waals surface area contributed by atoms with Crippen molar-refractivity contribution < 1.29 is 19.1 Å². The Morgan fingerprint density at radius 3 is 2.54 bits per heavy atom. The quantitative estimate of drug-likeness (QED) is 0.293. The van der Waals surface area contributed by atoms with Crippen molar-refractivity contribution in [1.82, 2.24) is 10.7 Å². The van der Waals surface area contributed by atoms with Crippen molar-refractivity contribution in [2.45, 2.75) is 20.3 Å². The highest BCUT2D eigenvalue weighted by molar-refractivity contribution is 6.35. The number of rotatable bonds is 7. The van der Waals surface area contributed by atoms with Crippen molar-refractivity contribution in [2.24, 2.45) is 5.10 Å². The van der Waals surface area contributed by atoms with Crippen LogP contribution in [-0.2, 0) is 19.1 Å². The monoisotopic (exact) mass is 334 g/mol. The lowest BCUT2D eigenvalue weighted by Gasteiger charge is -2.08. The Morgan fingerprint density at radius 1 is 1.17 bits per heavy atom. The summed E-state index contributed by atoms with van der Waals surface area (Å²) in [6, 6.07) is 7.39. The van der Waals surface area contributed by atoms with Gasteiger partial charge in [0, 0.05) is 25.1 Å². The summed E-state index contributed by atoms with van der Waals surface area (Å²) >= 11 is 0. The zero-order valence-electron chi connectivity index (χ0n) is 14.0. The molecule has 0 spiro atoms. The molecule has 3 amide bonds. The lowest BCUT2D eigenvalue weighted by molar-refractivity contribution is -0.139. The van der Waals surface area contributed by atoms with E-state index in [1.165, 1.54) is 7.11 Å². The number of hydrogen-bond donors (Lipinski definition) is 3. The van der Waals surface area contributed by atoms with E-state index in [1.54, 1.807) is 13.0 Å². The van der Waals surface area contributed by atoms with E-state index >= 15 is 0 Å². The zero-order valence-corrected chi connectivity index (χ0v) is 14.0. The molecular formula is C16H22N4O4. The van der Waals surface area contributed by atoms with E-state index in [0.29, 0.717) is 12.3 Å². The number of carbonyl (C=O) groups is 3. The average Bonchev–Trinajstić information content (AvgIpc) is 2.54. The number of aryl methyl sites for hydroxylation is 1. The molecule has 0 saturated heterocycles. The Bertz CT molecular complexity index is 628. The van der Waals surface area contributed by atoms with Crippen LogP contribution in [0.4, 0.5) is 5.69 Å². The summed E-state index contributed by atoms with van der Waals surface area (Å²) in [7, 11) is 1.49. The molecule has 24 heavy (non-hydrogen) atoms. The average molecular weight is 334 g/mol. The molecule has 0 radical (unpaired) electrons. The molecule has 0 atom stereocenters. The van der Waals surface area contributed by atoms with E-state index < -0.39 is 11.8 Å². The molecule has 0 aromatic heterocycles. The van der Waals surface area contributed by atoms with Crippen LogP contribution in [0.5, 0.6) is 0 Å². The summed E-state index contributed by atoms with van der Waals surface area (Å²) in [5.41, 5.74) is 4.15. The van der Waals surface area contributed by atoms with E-state index in [9.17, 15) is 14.4 Å². The molecule has 0 fully saturated rings. The first-order valence-corrected chi connectivity index (χ1v) is 7.39. The van der Waals surface area contributed by atoms with Crippen LogP contribution in [0.25, 0.3) is 0 Å². The maximum Gasteiger partial charge on any atom is 0.329 e. The van der Waals surface area contributed by atoms with E-state index in [0.717, 1.165) is 11.3 Å². The molecule has 0 unspecified atom stereocenters. The smallest absolute Gasteiger partial charge is 0.329 e. The van der Waals surface area contributed by atoms with Crippen LogP contribution >= 0.6 is 0 Å². The van der Waals surface area contributed by atoms with Crippen molar-refractivity contribution in [1.29, 1.82) is 0 Å². The van der Waals surface area contributed by atoms with Crippen LogP contribution in [-0.4, -0.2) is 43.7 Å². The Hall–Kier alpha value is -2.74. The van der Waals surface area contributed by atoms with Crippen molar-refractivity contribution in [3.63, 3.8) is 0 Å². The van der Waals surface area contributed by atoms with Crippen molar-refractivity contribution >= 4 is 29.1 Å². The van der Waals surface area contributed by atoms with Gasteiger partial charge < -0.3 is 15.4 Å². The maximum atomic E-state index is 11.9. The van der Waals surface area contributed by atoms with Gasteiger partial charge in [0.25, 0.3) is 0 Å². The topological polar surface area (TPSA) is 109 Å². The van der Waals surface area contributed by atoms with Crippen molar-refractivity contribution in [3.05, 3.63) is 29.8 Å². The Morgan fingerprint density at radius 2 is 1.88 bits per heavy atom. The van der Waals surface area contributed by atoms with E-state index in [4.69, 9.17) is 4.74 Å². The predicted octanol–water partition coefficient (Wildman–Crippen LogP) is 0.578. The van der Waals surface area contributed by atoms with Crippen LogP contribution < -0.4 is 16.1 Å². The summed E-state index contributed by atoms with van der Waals surface area (Å²) in [5, 5.41) is 8.86. The van der Waals surface area contributed by atoms with Gasteiger partial charge in [0.2, 0.25) is 5.91 Å². The van der Waals surface area contributed by atoms with Crippen molar-refractivity contribution in [3.8, 4) is 0 Å². The van der Waals surface area contributed by atoms with Crippen LogP contribution in [0, 0.1) is 6.92 Å². The molecule has 0 aliphatic carbocycles. The molecule has 0 heterocycles. The number of hydrogen-bond acceptors (Lipinski definition) is 5. The molecule has 0 bridgehead atoms. The van der Waals surface area contributed by atoms with Crippen LogP contribution in [0.2, 0.25) is 0 Å². The highest BCUT2D eigenvalue weighted by Gasteiger charge is 2.12. The van der Waals surface area contributed by atoms with E-state index in [-0.39, 0.29) is 18.9 Å². The van der Waals surface area contributed by atoms with Gasteiger partial charge in [0.15, 0.2) is 0 Å². The largest absolute Gasteiger partial charge is 0.383 e. The van der Waals surface area contributed by atoms with Gasteiger partial charge in [-0.05, 0) is 25.5 Å². The van der Waals surface area contributed by atoms with E-state index in [1.807, 2.05) is 25.1 Å². The molecule has 1 aromatic carbocycles. The van der Waals surface area contributed by atoms with Gasteiger partial charge in [0.05, 0.1) is 13.0 Å². The Kier molecular flexibility index (Phi) is 8.14. The number of hydrazone groups is 1. The number of nitrogens with zero attached hydrogens (tertiary/aromatic N) is 1. The third-order valence-electron chi connectivity index (χ3n) is 2.98. The third-order valence-corrected chi connectivity index (χ3v) is 2.98. The fourth-order valence-electron chi connectivity index (χ4n) is 1.72. The summed E-state index contributed by atoms with van der Waals surface area (Å²) in [4.78, 5) is 34.8. The second kappa shape index (κ2) is 10.1. The second-order valence-corrected chi connectivity index (χ2v) is 5.08.